The number of benzene rings is 1. The quantitative estimate of drug-likeness (QED) is 0.745. The van der Waals surface area contributed by atoms with Crippen LogP contribution < -0.4 is 4.74 Å². The third-order valence-corrected chi connectivity index (χ3v) is 4.07. The molecular weight excluding hydrogens is 227 g/mol. The van der Waals surface area contributed by atoms with E-state index >= 15 is 0 Å². The number of halogens is 1. The molecular formula is C16H23FO. The summed E-state index contributed by atoms with van der Waals surface area (Å²) in [5.41, 5.74) is 0. The molecule has 1 atom stereocenters. The van der Waals surface area contributed by atoms with Crippen LogP contribution in [0.1, 0.15) is 46.0 Å². The van der Waals surface area contributed by atoms with Gasteiger partial charge in [-0.25, -0.2) is 4.39 Å². The van der Waals surface area contributed by atoms with E-state index in [0.717, 1.165) is 12.3 Å². The molecule has 1 fully saturated rings. The minimum Gasteiger partial charge on any atom is -0.490 e. The molecule has 1 aromatic carbocycles. The van der Waals surface area contributed by atoms with Crippen LogP contribution in [0.2, 0.25) is 0 Å². The first-order valence-corrected chi connectivity index (χ1v) is 7.11. The van der Waals surface area contributed by atoms with Crippen molar-refractivity contribution in [2.45, 2.75) is 52.1 Å². The normalized spacial score (nSPS) is 25.7. The summed E-state index contributed by atoms with van der Waals surface area (Å²) >= 11 is 0. The molecule has 0 aliphatic heterocycles. The van der Waals surface area contributed by atoms with Gasteiger partial charge in [-0.05, 0) is 43.2 Å². The van der Waals surface area contributed by atoms with Crippen LogP contribution in [-0.2, 0) is 0 Å². The van der Waals surface area contributed by atoms with E-state index in [1.807, 2.05) is 6.07 Å². The monoisotopic (exact) mass is 250 g/mol. The molecule has 0 aromatic heterocycles. The highest BCUT2D eigenvalue weighted by Crippen LogP contribution is 2.33. The molecule has 0 spiro atoms. The van der Waals surface area contributed by atoms with Gasteiger partial charge in [0.1, 0.15) is 17.7 Å². The molecule has 1 unspecified atom stereocenters. The first-order chi connectivity index (χ1) is 8.69. The highest BCUT2D eigenvalue weighted by molar-refractivity contribution is 5.22. The van der Waals surface area contributed by atoms with Gasteiger partial charge >= 0.3 is 0 Å². The Bertz CT molecular complexity index is 369. The Balaban J connectivity index is 1.96. The van der Waals surface area contributed by atoms with Gasteiger partial charge in [0.2, 0.25) is 0 Å². The highest BCUT2D eigenvalue weighted by atomic mass is 19.1. The molecule has 0 amide bonds. The van der Waals surface area contributed by atoms with E-state index in [1.165, 1.54) is 37.8 Å². The van der Waals surface area contributed by atoms with Crippen molar-refractivity contribution >= 4 is 0 Å². The molecule has 0 N–H and O–H groups in total. The van der Waals surface area contributed by atoms with Crippen molar-refractivity contribution in [1.82, 2.24) is 0 Å². The molecule has 18 heavy (non-hydrogen) atoms. The van der Waals surface area contributed by atoms with Gasteiger partial charge in [-0.2, -0.15) is 0 Å². The molecule has 0 bridgehead atoms. The number of ether oxygens (including phenoxy) is 1. The van der Waals surface area contributed by atoms with Gasteiger partial charge in [-0.1, -0.05) is 32.8 Å². The van der Waals surface area contributed by atoms with E-state index < -0.39 is 0 Å². The minimum absolute atomic E-state index is 0.223. The Morgan fingerprint density at radius 1 is 1.28 bits per heavy atom. The van der Waals surface area contributed by atoms with Crippen LogP contribution in [0, 0.1) is 17.7 Å². The van der Waals surface area contributed by atoms with Crippen LogP contribution in [0.25, 0.3) is 0 Å². The predicted molar refractivity (Wildman–Crippen MR) is 72.2 cm³/mol. The molecule has 2 heteroatoms. The van der Waals surface area contributed by atoms with Gasteiger partial charge < -0.3 is 4.74 Å². The first kappa shape index (κ1) is 13.4. The summed E-state index contributed by atoms with van der Waals surface area (Å²) in [6.45, 7) is 4.48. The molecule has 0 heterocycles. The molecule has 2 rings (SSSR count). The predicted octanol–water partition coefficient (Wildman–Crippen LogP) is 4.81. The number of rotatable bonds is 4. The lowest BCUT2D eigenvalue weighted by Gasteiger charge is -2.32. The molecule has 0 radical (unpaired) electrons. The average molecular weight is 250 g/mol. The van der Waals surface area contributed by atoms with Gasteiger partial charge in [-0.15, -0.1) is 0 Å². The SMILES string of the molecule is CCC(Oc1cccc(F)c1)[C@H]1CC[C@H](C)CC1. The summed E-state index contributed by atoms with van der Waals surface area (Å²) < 4.78 is 19.1. The molecule has 1 saturated carbocycles. The van der Waals surface area contributed by atoms with Crippen molar-refractivity contribution in [3.63, 3.8) is 0 Å². The zero-order valence-electron chi connectivity index (χ0n) is 11.4. The van der Waals surface area contributed by atoms with Gasteiger partial charge in [0.15, 0.2) is 0 Å². The third-order valence-electron chi connectivity index (χ3n) is 4.07. The van der Waals surface area contributed by atoms with E-state index in [4.69, 9.17) is 4.74 Å². The molecule has 1 nitrogen and oxygen atoms in total. The van der Waals surface area contributed by atoms with Crippen LogP contribution in [0.3, 0.4) is 0 Å². The summed E-state index contributed by atoms with van der Waals surface area (Å²) in [5.74, 6) is 1.93. The molecule has 100 valence electrons. The second-order valence-electron chi connectivity index (χ2n) is 5.54. The molecule has 0 saturated heterocycles. The maximum Gasteiger partial charge on any atom is 0.126 e. The zero-order valence-corrected chi connectivity index (χ0v) is 11.4. The fourth-order valence-corrected chi connectivity index (χ4v) is 2.89. The van der Waals surface area contributed by atoms with Crippen LogP contribution in [0.4, 0.5) is 4.39 Å². The Morgan fingerprint density at radius 3 is 2.61 bits per heavy atom. The highest BCUT2D eigenvalue weighted by Gasteiger charge is 2.26. The molecule has 1 aliphatic carbocycles. The fraction of sp³-hybridized carbons (Fsp3) is 0.625. The standard InChI is InChI=1S/C16H23FO/c1-3-16(13-9-7-12(2)8-10-13)18-15-6-4-5-14(17)11-15/h4-6,11-13,16H,3,7-10H2,1-2H3/t12-,13-,16?. The average Bonchev–Trinajstić information content (AvgIpc) is 2.37. The fourth-order valence-electron chi connectivity index (χ4n) is 2.89. The largest absolute Gasteiger partial charge is 0.490 e. The van der Waals surface area contributed by atoms with Crippen molar-refractivity contribution in [3.05, 3.63) is 30.1 Å². The Morgan fingerprint density at radius 2 is 2.00 bits per heavy atom. The maximum atomic E-state index is 13.1. The summed E-state index contributed by atoms with van der Waals surface area (Å²) in [5, 5.41) is 0. The smallest absolute Gasteiger partial charge is 0.126 e. The zero-order chi connectivity index (χ0) is 13.0. The van der Waals surface area contributed by atoms with E-state index in [-0.39, 0.29) is 11.9 Å². The minimum atomic E-state index is -0.223. The van der Waals surface area contributed by atoms with Crippen LogP contribution >= 0.6 is 0 Å². The van der Waals surface area contributed by atoms with Gasteiger partial charge in [0, 0.05) is 6.07 Å². The van der Waals surface area contributed by atoms with E-state index in [2.05, 4.69) is 13.8 Å². The summed E-state index contributed by atoms with van der Waals surface area (Å²) in [7, 11) is 0. The lowest BCUT2D eigenvalue weighted by atomic mass is 9.79. The number of hydrogen-bond donors (Lipinski definition) is 0. The van der Waals surface area contributed by atoms with Crippen molar-refractivity contribution in [2.75, 3.05) is 0 Å². The first-order valence-electron chi connectivity index (χ1n) is 7.11. The second kappa shape index (κ2) is 6.21. The van der Waals surface area contributed by atoms with Gasteiger partial charge in [-0.3, -0.25) is 0 Å². The molecule has 1 aromatic rings. The van der Waals surface area contributed by atoms with E-state index in [0.29, 0.717) is 11.7 Å². The topological polar surface area (TPSA) is 9.23 Å². The van der Waals surface area contributed by atoms with Crippen LogP contribution in [-0.4, -0.2) is 6.10 Å². The Kier molecular flexibility index (Phi) is 4.62. The second-order valence-corrected chi connectivity index (χ2v) is 5.54. The summed E-state index contributed by atoms with van der Waals surface area (Å²) in [4.78, 5) is 0. The lowest BCUT2D eigenvalue weighted by molar-refractivity contribution is 0.0934. The van der Waals surface area contributed by atoms with Crippen molar-refractivity contribution in [1.29, 1.82) is 0 Å². The summed E-state index contributed by atoms with van der Waals surface area (Å²) in [6, 6.07) is 6.49. The van der Waals surface area contributed by atoms with E-state index in [9.17, 15) is 4.39 Å². The number of hydrogen-bond acceptors (Lipinski definition) is 1. The van der Waals surface area contributed by atoms with Crippen LogP contribution in [0.15, 0.2) is 24.3 Å². The Hall–Kier alpha value is -1.05. The van der Waals surface area contributed by atoms with Crippen molar-refractivity contribution in [3.8, 4) is 5.75 Å². The third kappa shape index (κ3) is 3.47. The van der Waals surface area contributed by atoms with Gasteiger partial charge in [0.05, 0.1) is 0 Å². The van der Waals surface area contributed by atoms with Crippen molar-refractivity contribution in [2.24, 2.45) is 11.8 Å². The lowest BCUT2D eigenvalue weighted by Crippen LogP contribution is -2.29. The Labute approximate surface area is 109 Å². The van der Waals surface area contributed by atoms with Crippen molar-refractivity contribution < 1.29 is 9.13 Å². The summed E-state index contributed by atoms with van der Waals surface area (Å²) in [6.07, 6.45) is 6.32. The molecule has 1 aliphatic rings. The van der Waals surface area contributed by atoms with E-state index in [1.54, 1.807) is 6.07 Å². The maximum absolute atomic E-state index is 13.1. The van der Waals surface area contributed by atoms with Gasteiger partial charge in [0.25, 0.3) is 0 Å². The van der Waals surface area contributed by atoms with Crippen LogP contribution in [0.5, 0.6) is 5.75 Å².